The van der Waals surface area contributed by atoms with Crippen LogP contribution in [0.15, 0.2) is 34.5 Å². The second-order valence-corrected chi connectivity index (χ2v) is 5.67. The Balaban J connectivity index is 0.00000361. The van der Waals surface area contributed by atoms with Gasteiger partial charge in [-0.3, -0.25) is 0 Å². The normalized spacial score (nSPS) is 12.3. The molecule has 0 heterocycles. The fraction of sp³-hybridized carbons (Fsp3) is 0.429. The summed E-state index contributed by atoms with van der Waals surface area (Å²) in [6.07, 6.45) is 1.59. The Bertz CT molecular complexity index is 461. The first-order chi connectivity index (χ1) is 8.78. The standard InChI is InChI=1S/C14H22N4O.ClH/c1-17(2)13-8-6-12(7-9-13)10-15-16-14(19)11-18(3,4)5;/h6-10H,11H2,1-5H3;1H. The van der Waals surface area contributed by atoms with Crippen molar-refractivity contribution in [1.82, 2.24) is 0 Å². The highest BCUT2D eigenvalue weighted by atomic mass is 35.5. The predicted octanol–water partition coefficient (Wildman–Crippen LogP) is 0.973. The lowest BCUT2D eigenvalue weighted by atomic mass is 10.2. The van der Waals surface area contributed by atoms with Gasteiger partial charge in [0.2, 0.25) is 0 Å². The highest BCUT2D eigenvalue weighted by Crippen LogP contribution is 2.10. The lowest BCUT2D eigenvalue weighted by Crippen LogP contribution is -2.43. The number of likely N-dealkylation sites (N-methyl/N-ethyl adjacent to an activating group) is 1. The fourth-order valence-electron chi connectivity index (χ4n) is 1.46. The zero-order chi connectivity index (χ0) is 14.5. The summed E-state index contributed by atoms with van der Waals surface area (Å²) in [5, 5.41) is 19.0. The number of hydrogen-bond donors (Lipinski definition) is 0. The van der Waals surface area contributed by atoms with Crippen LogP contribution >= 0.6 is 12.4 Å². The van der Waals surface area contributed by atoms with Gasteiger partial charge in [-0.15, -0.1) is 12.4 Å². The van der Waals surface area contributed by atoms with Crippen LogP contribution in [0, 0.1) is 0 Å². The van der Waals surface area contributed by atoms with Gasteiger partial charge in [0, 0.05) is 25.7 Å². The third-order valence-electron chi connectivity index (χ3n) is 2.40. The molecule has 0 N–H and O–H groups in total. The summed E-state index contributed by atoms with van der Waals surface area (Å²) in [4.78, 5) is 2.02. The van der Waals surface area contributed by atoms with Gasteiger partial charge in [0.1, 0.15) is 6.54 Å². The third-order valence-corrected chi connectivity index (χ3v) is 2.40. The van der Waals surface area contributed by atoms with Crippen molar-refractivity contribution in [2.45, 2.75) is 0 Å². The van der Waals surface area contributed by atoms with Gasteiger partial charge in [-0.05, 0) is 17.7 Å². The molecule has 0 saturated carbocycles. The van der Waals surface area contributed by atoms with Crippen LogP contribution < -0.4 is 10.0 Å². The summed E-state index contributed by atoms with van der Waals surface area (Å²) >= 11 is 0. The van der Waals surface area contributed by atoms with E-state index in [0.717, 1.165) is 11.3 Å². The number of rotatable bonds is 5. The Labute approximate surface area is 127 Å². The number of benzene rings is 1. The quantitative estimate of drug-likeness (QED) is 0.352. The Morgan fingerprint density at radius 3 is 2.20 bits per heavy atom. The van der Waals surface area contributed by atoms with Gasteiger partial charge in [-0.2, -0.15) is 10.2 Å². The van der Waals surface area contributed by atoms with Crippen molar-refractivity contribution < 1.29 is 9.59 Å². The molecule has 0 spiro atoms. The lowest BCUT2D eigenvalue weighted by Gasteiger charge is -2.25. The van der Waals surface area contributed by atoms with Gasteiger partial charge >= 0.3 is 0 Å². The lowest BCUT2D eigenvalue weighted by molar-refractivity contribution is -0.863. The van der Waals surface area contributed by atoms with Gasteiger partial charge in [0.05, 0.1) is 27.4 Å². The smallest absolute Gasteiger partial charge is 0.109 e. The molecule has 0 aliphatic heterocycles. The largest absolute Gasteiger partial charge is 0.857 e. The van der Waals surface area contributed by atoms with Crippen LogP contribution in [-0.4, -0.2) is 58.4 Å². The van der Waals surface area contributed by atoms with Gasteiger partial charge in [-0.25, -0.2) is 0 Å². The molecule has 0 bridgehead atoms. The van der Waals surface area contributed by atoms with Crippen LogP contribution in [0.5, 0.6) is 0 Å². The molecule has 1 aromatic carbocycles. The molecular weight excluding hydrogens is 276 g/mol. The minimum atomic E-state index is -0.214. The van der Waals surface area contributed by atoms with E-state index in [0.29, 0.717) is 11.0 Å². The van der Waals surface area contributed by atoms with Crippen LogP contribution in [0.1, 0.15) is 5.56 Å². The van der Waals surface area contributed by atoms with Gasteiger partial charge < -0.3 is 14.5 Å². The molecule has 5 nitrogen and oxygen atoms in total. The van der Waals surface area contributed by atoms with Crippen molar-refractivity contribution in [2.24, 2.45) is 10.2 Å². The maximum Gasteiger partial charge on any atom is 0.109 e. The highest BCUT2D eigenvalue weighted by molar-refractivity contribution is 5.85. The van der Waals surface area contributed by atoms with Crippen LogP contribution in [0.3, 0.4) is 0 Å². The maximum atomic E-state index is 11.5. The average molecular weight is 299 g/mol. The SMILES string of the molecule is CN(C)c1ccc(C=N/N=C(\[O-])C[N+](C)(C)C)cc1.Cl. The summed E-state index contributed by atoms with van der Waals surface area (Å²) in [6, 6.07) is 7.88. The van der Waals surface area contributed by atoms with Gasteiger partial charge in [0.15, 0.2) is 0 Å². The first-order valence-electron chi connectivity index (χ1n) is 6.13. The molecule has 6 heteroatoms. The van der Waals surface area contributed by atoms with E-state index < -0.39 is 0 Å². The topological polar surface area (TPSA) is 51.0 Å². The summed E-state index contributed by atoms with van der Waals surface area (Å²) < 4.78 is 0.551. The monoisotopic (exact) mass is 298 g/mol. The molecule has 0 aromatic heterocycles. The third kappa shape index (κ3) is 7.11. The van der Waals surface area contributed by atoms with Gasteiger partial charge in [0.25, 0.3) is 0 Å². The minimum Gasteiger partial charge on any atom is -0.857 e. The Kier molecular flexibility index (Phi) is 7.24. The number of quaternary nitrogens is 1. The zero-order valence-corrected chi connectivity index (χ0v) is 13.5. The van der Waals surface area contributed by atoms with E-state index in [1.165, 1.54) is 0 Å². The number of halogens is 1. The molecule has 1 rings (SSSR count). The van der Waals surface area contributed by atoms with Crippen molar-refractivity contribution in [3.8, 4) is 0 Å². The van der Waals surface area contributed by atoms with Crippen LogP contribution in [0.4, 0.5) is 5.69 Å². The minimum absolute atomic E-state index is 0. The number of anilines is 1. The van der Waals surface area contributed by atoms with E-state index in [4.69, 9.17) is 0 Å². The fourth-order valence-corrected chi connectivity index (χ4v) is 1.46. The van der Waals surface area contributed by atoms with Crippen molar-refractivity contribution in [3.05, 3.63) is 29.8 Å². The van der Waals surface area contributed by atoms with E-state index in [9.17, 15) is 5.11 Å². The molecule has 0 atom stereocenters. The molecule has 0 unspecified atom stereocenters. The van der Waals surface area contributed by atoms with Crippen molar-refractivity contribution >= 4 is 30.2 Å². The van der Waals surface area contributed by atoms with E-state index in [2.05, 4.69) is 10.2 Å². The van der Waals surface area contributed by atoms with Crippen LogP contribution in [-0.2, 0) is 0 Å². The Morgan fingerprint density at radius 2 is 1.75 bits per heavy atom. The molecule has 1 aromatic rings. The molecular formula is C14H23ClN4O. The summed E-state index contributed by atoms with van der Waals surface area (Å²) in [5.41, 5.74) is 2.04. The molecule has 0 amide bonds. The Morgan fingerprint density at radius 1 is 1.20 bits per heavy atom. The van der Waals surface area contributed by atoms with Gasteiger partial charge in [-0.1, -0.05) is 12.1 Å². The van der Waals surface area contributed by atoms with Crippen molar-refractivity contribution in [2.75, 3.05) is 46.7 Å². The van der Waals surface area contributed by atoms with E-state index in [-0.39, 0.29) is 18.3 Å². The molecule has 0 aliphatic carbocycles. The first-order valence-corrected chi connectivity index (χ1v) is 6.13. The van der Waals surface area contributed by atoms with Crippen molar-refractivity contribution in [3.63, 3.8) is 0 Å². The number of nitrogens with zero attached hydrogens (tertiary/aromatic N) is 4. The zero-order valence-electron chi connectivity index (χ0n) is 12.7. The second-order valence-electron chi connectivity index (χ2n) is 5.67. The number of hydrogen-bond acceptors (Lipinski definition) is 4. The van der Waals surface area contributed by atoms with Crippen LogP contribution in [0.25, 0.3) is 0 Å². The van der Waals surface area contributed by atoms with E-state index >= 15 is 0 Å². The molecule has 0 saturated heterocycles. The van der Waals surface area contributed by atoms with Crippen LogP contribution in [0.2, 0.25) is 0 Å². The molecule has 112 valence electrons. The summed E-state index contributed by atoms with van der Waals surface area (Å²) in [7, 11) is 9.80. The maximum absolute atomic E-state index is 11.5. The van der Waals surface area contributed by atoms with E-state index in [1.54, 1.807) is 6.21 Å². The molecule has 20 heavy (non-hydrogen) atoms. The highest BCUT2D eigenvalue weighted by Gasteiger charge is 2.04. The molecule has 0 fully saturated rings. The molecule has 0 radical (unpaired) electrons. The van der Waals surface area contributed by atoms with E-state index in [1.807, 2.05) is 64.4 Å². The Hall–Kier alpha value is -1.59. The average Bonchev–Trinajstić information content (AvgIpc) is 2.27. The second kappa shape index (κ2) is 7.87. The summed E-state index contributed by atoms with van der Waals surface area (Å²) in [6.45, 7) is 0.344. The molecule has 0 aliphatic rings. The first kappa shape index (κ1) is 18.4. The van der Waals surface area contributed by atoms with Crippen molar-refractivity contribution in [1.29, 1.82) is 0 Å². The predicted molar refractivity (Wildman–Crippen MR) is 85.9 cm³/mol. The summed E-state index contributed by atoms with van der Waals surface area (Å²) in [5.74, 6) is -0.214.